The molecule has 1 heterocycles. The fourth-order valence-corrected chi connectivity index (χ4v) is 2.87. The molecule has 14 heavy (non-hydrogen) atoms. The molecule has 1 aliphatic heterocycles. The average Bonchev–Trinajstić information content (AvgIpc) is 2.25. The molecule has 2 nitrogen and oxygen atoms in total. The van der Waals surface area contributed by atoms with Gasteiger partial charge in [0.1, 0.15) is 10.1 Å². The Kier molecular flexibility index (Phi) is 5.71. The third-order valence-corrected chi connectivity index (χ3v) is 3.85. The van der Waals surface area contributed by atoms with E-state index in [0.29, 0.717) is 0 Å². The summed E-state index contributed by atoms with van der Waals surface area (Å²) in [5.41, 5.74) is 0. The fraction of sp³-hybridized carbons (Fsp3) is 0.400. The van der Waals surface area contributed by atoms with Crippen molar-refractivity contribution in [3.8, 4) is 0 Å². The Morgan fingerprint density at radius 2 is 2.50 bits per heavy atom. The van der Waals surface area contributed by atoms with Crippen LogP contribution in [0.2, 0.25) is 0 Å². The van der Waals surface area contributed by atoms with Crippen LogP contribution in [0.1, 0.15) is 13.3 Å². The molecule has 0 aromatic rings. The lowest BCUT2D eigenvalue weighted by atomic mass is 10.3. The lowest BCUT2D eigenvalue weighted by molar-refractivity contribution is 1.000. The van der Waals surface area contributed by atoms with Crippen molar-refractivity contribution in [2.75, 3.05) is 13.6 Å². The van der Waals surface area contributed by atoms with Crippen LogP contribution in [0.4, 0.5) is 0 Å². The molecule has 0 unspecified atom stereocenters. The molecular weight excluding hydrogens is 212 g/mol. The minimum absolute atomic E-state index is 0.918. The zero-order valence-electron chi connectivity index (χ0n) is 8.43. The SMILES string of the molecule is C/C=C\C(=NC)SSC1=NCCC=C1. The van der Waals surface area contributed by atoms with Crippen LogP contribution in [0.25, 0.3) is 0 Å². The molecule has 0 N–H and O–H groups in total. The van der Waals surface area contributed by atoms with Gasteiger partial charge < -0.3 is 0 Å². The Bertz CT molecular complexity index is 286. The topological polar surface area (TPSA) is 24.7 Å². The Balaban J connectivity index is 2.39. The van der Waals surface area contributed by atoms with Crippen LogP contribution in [0, 0.1) is 0 Å². The molecule has 0 saturated heterocycles. The quantitative estimate of drug-likeness (QED) is 0.389. The molecule has 1 aliphatic rings. The van der Waals surface area contributed by atoms with E-state index in [1.807, 2.05) is 19.1 Å². The van der Waals surface area contributed by atoms with E-state index in [1.54, 1.807) is 28.6 Å². The number of aliphatic imine (C=N–C) groups is 2. The number of rotatable bonds is 1. The van der Waals surface area contributed by atoms with Crippen LogP contribution in [-0.4, -0.2) is 23.7 Å². The van der Waals surface area contributed by atoms with Crippen LogP contribution < -0.4 is 0 Å². The Hall–Kier alpha value is -0.480. The fourth-order valence-electron chi connectivity index (χ4n) is 0.908. The van der Waals surface area contributed by atoms with Crippen molar-refractivity contribution >= 4 is 31.7 Å². The van der Waals surface area contributed by atoms with E-state index >= 15 is 0 Å². The largest absolute Gasteiger partial charge is 0.281 e. The van der Waals surface area contributed by atoms with Crippen LogP contribution in [-0.2, 0) is 0 Å². The molecule has 0 fully saturated rings. The molecule has 76 valence electrons. The lowest BCUT2D eigenvalue weighted by Crippen LogP contribution is -1.94. The van der Waals surface area contributed by atoms with Crippen LogP contribution >= 0.6 is 21.6 Å². The average molecular weight is 226 g/mol. The van der Waals surface area contributed by atoms with Crippen LogP contribution in [0.3, 0.4) is 0 Å². The summed E-state index contributed by atoms with van der Waals surface area (Å²) in [5, 5.41) is 2.12. The van der Waals surface area contributed by atoms with Gasteiger partial charge in [-0.1, -0.05) is 12.2 Å². The first-order valence-corrected chi connectivity index (χ1v) is 6.67. The maximum Gasteiger partial charge on any atom is 0.101 e. The van der Waals surface area contributed by atoms with E-state index in [4.69, 9.17) is 0 Å². The second-order valence-electron chi connectivity index (χ2n) is 2.64. The van der Waals surface area contributed by atoms with Gasteiger partial charge in [-0.15, -0.1) is 0 Å². The predicted molar refractivity (Wildman–Crippen MR) is 69.4 cm³/mol. The first-order chi connectivity index (χ1) is 6.86. The summed E-state index contributed by atoms with van der Waals surface area (Å²) in [6.07, 6.45) is 9.30. The minimum atomic E-state index is 0.918. The van der Waals surface area contributed by atoms with E-state index in [2.05, 4.69) is 22.1 Å². The second kappa shape index (κ2) is 6.90. The highest BCUT2D eigenvalue weighted by Gasteiger charge is 2.02. The van der Waals surface area contributed by atoms with E-state index in [1.165, 1.54) is 0 Å². The van der Waals surface area contributed by atoms with Crippen LogP contribution in [0.15, 0.2) is 34.3 Å². The van der Waals surface area contributed by atoms with Crippen molar-refractivity contribution < 1.29 is 0 Å². The monoisotopic (exact) mass is 226 g/mol. The van der Waals surface area contributed by atoms with Gasteiger partial charge in [0.05, 0.1) is 0 Å². The van der Waals surface area contributed by atoms with Crippen molar-refractivity contribution in [2.45, 2.75) is 13.3 Å². The molecule has 4 heteroatoms. The van der Waals surface area contributed by atoms with Gasteiger partial charge in [0.25, 0.3) is 0 Å². The Labute approximate surface area is 93.1 Å². The van der Waals surface area contributed by atoms with Crippen molar-refractivity contribution in [1.82, 2.24) is 0 Å². The van der Waals surface area contributed by atoms with E-state index < -0.39 is 0 Å². The smallest absolute Gasteiger partial charge is 0.101 e. The standard InChI is InChI=1S/C10H14N2S2/c1-3-6-9(11-2)13-14-10-7-4-5-8-12-10/h3-4,6-7H,5,8H2,1-2H3/b6-3-,11-9?. The molecule has 1 rings (SSSR count). The molecule has 0 saturated carbocycles. The van der Waals surface area contributed by atoms with Crippen LogP contribution in [0.5, 0.6) is 0 Å². The zero-order valence-corrected chi connectivity index (χ0v) is 10.1. The molecule has 0 spiro atoms. The number of dihydropyridines is 1. The normalized spacial score (nSPS) is 17.6. The summed E-state index contributed by atoms with van der Waals surface area (Å²) in [5.74, 6) is 0. The molecule has 0 aromatic heterocycles. The van der Waals surface area contributed by atoms with E-state index in [9.17, 15) is 0 Å². The van der Waals surface area contributed by atoms with Gasteiger partial charge in [0.2, 0.25) is 0 Å². The highest BCUT2D eigenvalue weighted by molar-refractivity contribution is 8.87. The Morgan fingerprint density at radius 3 is 3.07 bits per heavy atom. The van der Waals surface area contributed by atoms with Gasteiger partial charge in [0.15, 0.2) is 0 Å². The van der Waals surface area contributed by atoms with Gasteiger partial charge in [-0.3, -0.25) is 9.98 Å². The summed E-state index contributed by atoms with van der Waals surface area (Å²) in [6, 6.07) is 0. The maximum absolute atomic E-state index is 4.39. The Morgan fingerprint density at radius 1 is 1.64 bits per heavy atom. The number of hydrogen-bond donors (Lipinski definition) is 0. The van der Waals surface area contributed by atoms with E-state index in [-0.39, 0.29) is 0 Å². The summed E-state index contributed by atoms with van der Waals surface area (Å²) in [6.45, 7) is 2.91. The van der Waals surface area contributed by atoms with Gasteiger partial charge in [-0.05, 0) is 47.1 Å². The maximum atomic E-state index is 4.39. The third kappa shape index (κ3) is 4.15. The van der Waals surface area contributed by atoms with Crippen molar-refractivity contribution in [1.29, 1.82) is 0 Å². The summed E-state index contributed by atoms with van der Waals surface area (Å²) in [4.78, 5) is 8.54. The first-order valence-electron chi connectivity index (χ1n) is 4.52. The van der Waals surface area contributed by atoms with Gasteiger partial charge in [-0.25, -0.2) is 0 Å². The molecular formula is C10H14N2S2. The summed E-state index contributed by atoms with van der Waals surface area (Å²) in [7, 11) is 5.13. The molecule has 0 radical (unpaired) electrons. The molecule has 0 amide bonds. The van der Waals surface area contributed by atoms with Crippen molar-refractivity contribution in [3.63, 3.8) is 0 Å². The van der Waals surface area contributed by atoms with Crippen molar-refractivity contribution in [2.24, 2.45) is 9.98 Å². The third-order valence-electron chi connectivity index (χ3n) is 1.57. The molecule has 0 aliphatic carbocycles. The second-order valence-corrected chi connectivity index (χ2v) is 4.81. The predicted octanol–water partition coefficient (Wildman–Crippen LogP) is 3.33. The van der Waals surface area contributed by atoms with E-state index in [0.717, 1.165) is 23.1 Å². The van der Waals surface area contributed by atoms with Crippen molar-refractivity contribution in [3.05, 3.63) is 24.3 Å². The summed E-state index contributed by atoms with van der Waals surface area (Å²) >= 11 is 0. The lowest BCUT2D eigenvalue weighted by Gasteiger charge is -2.04. The zero-order chi connectivity index (χ0) is 10.2. The first kappa shape index (κ1) is 11.6. The highest BCUT2D eigenvalue weighted by Crippen LogP contribution is 2.27. The summed E-state index contributed by atoms with van der Waals surface area (Å²) < 4.78 is 0. The minimum Gasteiger partial charge on any atom is -0.281 e. The molecule has 0 bridgehead atoms. The highest BCUT2D eigenvalue weighted by atomic mass is 33.1. The number of allylic oxidation sites excluding steroid dienone is 1. The number of hydrogen-bond acceptors (Lipinski definition) is 4. The molecule has 0 atom stereocenters. The van der Waals surface area contributed by atoms with Gasteiger partial charge in [-0.2, -0.15) is 0 Å². The number of nitrogens with zero attached hydrogens (tertiary/aromatic N) is 2. The van der Waals surface area contributed by atoms with Gasteiger partial charge in [0, 0.05) is 13.6 Å². The van der Waals surface area contributed by atoms with Gasteiger partial charge >= 0.3 is 0 Å². The molecule has 0 aromatic carbocycles.